The molecule has 0 aliphatic heterocycles. The first kappa shape index (κ1) is 13.7. The van der Waals surface area contributed by atoms with Crippen LogP contribution >= 0.6 is 0 Å². The van der Waals surface area contributed by atoms with Crippen molar-refractivity contribution in [3.05, 3.63) is 52.1 Å². The number of aromatic nitrogens is 1. The Balaban J connectivity index is 2.34. The second kappa shape index (κ2) is 5.52. The van der Waals surface area contributed by atoms with Crippen LogP contribution in [0.15, 0.2) is 30.6 Å². The van der Waals surface area contributed by atoms with Gasteiger partial charge in [0.05, 0.1) is 29.1 Å². The maximum absolute atomic E-state index is 13.8. The molecule has 0 radical (unpaired) electrons. The number of nitrogens with one attached hydrogen (secondary N) is 1. The highest BCUT2D eigenvalue weighted by Crippen LogP contribution is 2.30. The fourth-order valence-corrected chi connectivity index (χ4v) is 1.66. The molecule has 6 nitrogen and oxygen atoms in total. The number of pyridine rings is 1. The van der Waals surface area contributed by atoms with E-state index in [1.807, 2.05) is 0 Å². The molecule has 0 aliphatic rings. The molecule has 0 amide bonds. The van der Waals surface area contributed by atoms with Crippen LogP contribution in [0.4, 0.5) is 15.8 Å². The zero-order valence-corrected chi connectivity index (χ0v) is 10.9. The van der Waals surface area contributed by atoms with Crippen molar-refractivity contribution in [2.75, 3.05) is 12.4 Å². The van der Waals surface area contributed by atoms with E-state index in [2.05, 4.69) is 10.3 Å². The quantitative estimate of drug-likeness (QED) is 0.685. The highest BCUT2D eigenvalue weighted by Gasteiger charge is 2.16. The topological polar surface area (TPSA) is 77.3 Å². The highest BCUT2D eigenvalue weighted by molar-refractivity contribution is 5.49. The maximum atomic E-state index is 13.8. The van der Waals surface area contributed by atoms with Gasteiger partial charge in [0.25, 0.3) is 5.69 Å². The molecule has 2 aromatic rings. The Kier molecular flexibility index (Phi) is 3.79. The Morgan fingerprint density at radius 3 is 2.75 bits per heavy atom. The number of rotatable bonds is 4. The third kappa shape index (κ3) is 2.82. The molecule has 2 rings (SSSR count). The largest absolute Gasteiger partial charge is 0.453 e. The molecule has 1 aromatic carbocycles. The minimum Gasteiger partial charge on any atom is -0.453 e. The van der Waals surface area contributed by atoms with Gasteiger partial charge in [-0.25, -0.2) is 4.39 Å². The maximum Gasteiger partial charge on any atom is 0.275 e. The molecule has 0 bridgehead atoms. The summed E-state index contributed by atoms with van der Waals surface area (Å²) in [5.74, 6) is -0.538. The smallest absolute Gasteiger partial charge is 0.275 e. The van der Waals surface area contributed by atoms with Gasteiger partial charge in [-0.1, -0.05) is 0 Å². The average molecular weight is 277 g/mol. The molecule has 20 heavy (non-hydrogen) atoms. The van der Waals surface area contributed by atoms with E-state index in [1.54, 1.807) is 19.3 Å². The van der Waals surface area contributed by atoms with Gasteiger partial charge in [-0.05, 0) is 13.0 Å². The van der Waals surface area contributed by atoms with Crippen LogP contribution in [0.3, 0.4) is 0 Å². The van der Waals surface area contributed by atoms with Crippen molar-refractivity contribution in [3.63, 3.8) is 0 Å². The standard InChI is InChI=1S/C13H12FN3O3/c1-8-3-13(11(14)5-12(8)17(18)19)20-10-4-9(15-2)6-16-7-10/h3-7,15H,1-2H3. The first-order valence-corrected chi connectivity index (χ1v) is 5.76. The van der Waals surface area contributed by atoms with Gasteiger partial charge in [-0.2, -0.15) is 0 Å². The van der Waals surface area contributed by atoms with Crippen molar-refractivity contribution in [2.24, 2.45) is 0 Å². The number of benzene rings is 1. The normalized spacial score (nSPS) is 10.2. The molecule has 1 heterocycles. The number of anilines is 1. The van der Waals surface area contributed by atoms with Crippen molar-refractivity contribution in [3.8, 4) is 11.5 Å². The van der Waals surface area contributed by atoms with Crippen molar-refractivity contribution in [1.82, 2.24) is 4.98 Å². The summed E-state index contributed by atoms with van der Waals surface area (Å²) in [4.78, 5) is 14.0. The van der Waals surface area contributed by atoms with E-state index in [4.69, 9.17) is 4.74 Å². The van der Waals surface area contributed by atoms with Crippen LogP contribution in [0.1, 0.15) is 5.56 Å². The summed E-state index contributed by atoms with van der Waals surface area (Å²) in [6.07, 6.45) is 3.02. The molecule has 0 unspecified atom stereocenters. The summed E-state index contributed by atoms with van der Waals surface area (Å²) in [6.45, 7) is 1.52. The molecule has 0 aliphatic carbocycles. The number of aryl methyl sites for hydroxylation is 1. The molecule has 104 valence electrons. The minimum absolute atomic E-state index is 0.0804. The summed E-state index contributed by atoms with van der Waals surface area (Å²) in [5, 5.41) is 13.6. The van der Waals surface area contributed by atoms with E-state index in [9.17, 15) is 14.5 Å². The van der Waals surface area contributed by atoms with Crippen molar-refractivity contribution in [2.45, 2.75) is 6.92 Å². The molecule has 7 heteroatoms. The lowest BCUT2D eigenvalue weighted by Gasteiger charge is -2.09. The number of nitrogens with zero attached hydrogens (tertiary/aromatic N) is 2. The number of nitro benzene ring substituents is 1. The van der Waals surface area contributed by atoms with E-state index in [0.29, 0.717) is 17.0 Å². The molecule has 1 aromatic heterocycles. The number of nitro groups is 1. The van der Waals surface area contributed by atoms with Gasteiger partial charge in [0.2, 0.25) is 0 Å². The van der Waals surface area contributed by atoms with Crippen LogP contribution in [-0.2, 0) is 0 Å². The third-order valence-electron chi connectivity index (χ3n) is 2.68. The van der Waals surface area contributed by atoms with Gasteiger partial charge < -0.3 is 10.1 Å². The number of ether oxygens (including phenoxy) is 1. The predicted octanol–water partition coefficient (Wildman–Crippen LogP) is 3.27. The van der Waals surface area contributed by atoms with E-state index < -0.39 is 10.7 Å². The van der Waals surface area contributed by atoms with Crippen molar-refractivity contribution in [1.29, 1.82) is 0 Å². The fraction of sp³-hybridized carbons (Fsp3) is 0.154. The summed E-state index contributed by atoms with van der Waals surface area (Å²) in [7, 11) is 1.72. The Labute approximate surface area is 114 Å². The minimum atomic E-state index is -0.794. The lowest BCUT2D eigenvalue weighted by atomic mass is 10.2. The first-order valence-electron chi connectivity index (χ1n) is 5.76. The molecule has 0 atom stereocenters. The lowest BCUT2D eigenvalue weighted by Crippen LogP contribution is -1.96. The number of hydrogen-bond donors (Lipinski definition) is 1. The van der Waals surface area contributed by atoms with E-state index in [0.717, 1.165) is 6.07 Å². The van der Waals surface area contributed by atoms with Gasteiger partial charge in [-0.15, -0.1) is 0 Å². The van der Waals surface area contributed by atoms with Gasteiger partial charge in [-0.3, -0.25) is 15.1 Å². The van der Waals surface area contributed by atoms with Crippen LogP contribution in [0.2, 0.25) is 0 Å². The van der Waals surface area contributed by atoms with Gasteiger partial charge >= 0.3 is 0 Å². The average Bonchev–Trinajstić information content (AvgIpc) is 2.42. The summed E-state index contributed by atoms with van der Waals surface area (Å²) >= 11 is 0. The Morgan fingerprint density at radius 2 is 2.10 bits per heavy atom. The SMILES string of the molecule is CNc1cncc(Oc2cc(C)c([N+](=O)[O-])cc2F)c1. The second-order valence-electron chi connectivity index (χ2n) is 4.09. The van der Waals surface area contributed by atoms with Crippen LogP contribution in [0, 0.1) is 22.9 Å². The highest BCUT2D eigenvalue weighted by atomic mass is 19.1. The van der Waals surface area contributed by atoms with Crippen LogP contribution < -0.4 is 10.1 Å². The molecule has 0 fully saturated rings. The molecular weight excluding hydrogens is 265 g/mol. The lowest BCUT2D eigenvalue weighted by molar-refractivity contribution is -0.385. The summed E-state index contributed by atoms with van der Waals surface area (Å²) in [6, 6.07) is 3.78. The molecule has 1 N–H and O–H groups in total. The number of hydrogen-bond acceptors (Lipinski definition) is 5. The first-order chi connectivity index (χ1) is 9.51. The number of halogens is 1. The molecule has 0 saturated carbocycles. The Bertz CT molecular complexity index is 661. The zero-order chi connectivity index (χ0) is 14.7. The zero-order valence-electron chi connectivity index (χ0n) is 10.9. The Morgan fingerprint density at radius 1 is 1.35 bits per heavy atom. The van der Waals surface area contributed by atoms with Gasteiger partial charge in [0, 0.05) is 18.7 Å². The van der Waals surface area contributed by atoms with Gasteiger partial charge in [0.15, 0.2) is 11.6 Å². The molecular formula is C13H12FN3O3. The van der Waals surface area contributed by atoms with Crippen LogP contribution in [0.5, 0.6) is 11.5 Å². The second-order valence-corrected chi connectivity index (χ2v) is 4.09. The third-order valence-corrected chi connectivity index (χ3v) is 2.68. The van der Waals surface area contributed by atoms with E-state index in [-0.39, 0.29) is 11.4 Å². The fourth-order valence-electron chi connectivity index (χ4n) is 1.66. The molecule has 0 saturated heterocycles. The predicted molar refractivity (Wildman–Crippen MR) is 71.6 cm³/mol. The van der Waals surface area contributed by atoms with Crippen molar-refractivity contribution < 1.29 is 14.1 Å². The summed E-state index contributed by atoms with van der Waals surface area (Å²) in [5.41, 5.74) is 0.752. The van der Waals surface area contributed by atoms with Gasteiger partial charge in [0.1, 0.15) is 5.75 Å². The summed E-state index contributed by atoms with van der Waals surface area (Å²) < 4.78 is 19.2. The molecule has 0 spiro atoms. The van der Waals surface area contributed by atoms with Crippen LogP contribution in [-0.4, -0.2) is 17.0 Å². The van der Waals surface area contributed by atoms with Crippen LogP contribution in [0.25, 0.3) is 0 Å². The van der Waals surface area contributed by atoms with E-state index in [1.165, 1.54) is 19.2 Å². The Hall–Kier alpha value is -2.70. The van der Waals surface area contributed by atoms with E-state index >= 15 is 0 Å². The van der Waals surface area contributed by atoms with Crippen molar-refractivity contribution >= 4 is 11.4 Å². The monoisotopic (exact) mass is 277 g/mol.